The molecule has 1 saturated heterocycles. The van der Waals surface area contributed by atoms with Gasteiger partial charge < -0.3 is 10.2 Å². The minimum Gasteiger partial charge on any atom is -0.355 e. The zero-order valence-electron chi connectivity index (χ0n) is 15.6. The van der Waals surface area contributed by atoms with Gasteiger partial charge in [-0.3, -0.25) is 4.79 Å². The Morgan fingerprint density at radius 3 is 2.70 bits per heavy atom. The molecule has 1 fully saturated rings. The molecule has 0 aliphatic carbocycles. The average molecular weight is 386 g/mol. The molecular weight excluding hydrogens is 362 g/mol. The lowest BCUT2D eigenvalue weighted by Gasteiger charge is -2.17. The summed E-state index contributed by atoms with van der Waals surface area (Å²) in [6.07, 6.45) is 4.23. The number of nitrogens with zero attached hydrogens (tertiary/aromatic N) is 4. The van der Waals surface area contributed by atoms with Gasteiger partial charge >= 0.3 is 0 Å². The van der Waals surface area contributed by atoms with Gasteiger partial charge in [-0.25, -0.2) is 9.50 Å². The first-order chi connectivity index (χ1) is 12.6. The molecule has 1 aliphatic rings. The summed E-state index contributed by atoms with van der Waals surface area (Å²) < 4.78 is 1.78. The molecule has 3 aromatic rings. The lowest BCUT2D eigenvalue weighted by atomic mass is 10.1. The van der Waals surface area contributed by atoms with Crippen LogP contribution < -0.4 is 10.2 Å². The number of hydrogen-bond donors (Lipinski definition) is 1. The van der Waals surface area contributed by atoms with Gasteiger partial charge in [-0.1, -0.05) is 29.8 Å². The number of aryl methyl sites for hydroxylation is 2. The highest BCUT2D eigenvalue weighted by Crippen LogP contribution is 2.24. The Morgan fingerprint density at radius 1 is 1.19 bits per heavy atom. The van der Waals surface area contributed by atoms with Gasteiger partial charge in [0.05, 0.1) is 11.9 Å². The van der Waals surface area contributed by atoms with Crippen LogP contribution in [0.5, 0.6) is 0 Å². The summed E-state index contributed by atoms with van der Waals surface area (Å²) in [6.45, 7) is 6.50. The highest BCUT2D eigenvalue weighted by molar-refractivity contribution is 5.94. The molecule has 142 valence electrons. The van der Waals surface area contributed by atoms with Crippen LogP contribution >= 0.6 is 12.4 Å². The van der Waals surface area contributed by atoms with Crippen molar-refractivity contribution in [2.75, 3.05) is 18.0 Å². The maximum atomic E-state index is 12.6. The standard InChI is InChI=1S/C20H23N5O.ClH/c1-14-6-5-7-16(10-14)12-21-20(26)17-11-18-19(24-8-3-4-9-24)22-15(2)13-25(18)23-17;/h5-7,10-11,13H,3-4,8-9,12H2,1-2H3,(H,21,26);1H. The van der Waals surface area contributed by atoms with E-state index in [-0.39, 0.29) is 18.3 Å². The van der Waals surface area contributed by atoms with Gasteiger partial charge in [0.1, 0.15) is 5.52 Å². The molecule has 27 heavy (non-hydrogen) atoms. The molecule has 1 N–H and O–H groups in total. The van der Waals surface area contributed by atoms with E-state index in [0.29, 0.717) is 12.2 Å². The van der Waals surface area contributed by atoms with Crippen molar-refractivity contribution in [2.24, 2.45) is 0 Å². The highest BCUT2D eigenvalue weighted by Gasteiger charge is 2.20. The Labute approximate surface area is 165 Å². The number of nitrogens with one attached hydrogen (secondary N) is 1. The number of fused-ring (bicyclic) bond motifs is 1. The van der Waals surface area contributed by atoms with Crippen LogP contribution in [0, 0.1) is 13.8 Å². The van der Waals surface area contributed by atoms with E-state index in [1.54, 1.807) is 4.52 Å². The Hall–Kier alpha value is -2.60. The smallest absolute Gasteiger partial charge is 0.272 e. The van der Waals surface area contributed by atoms with Crippen LogP contribution in [0.1, 0.15) is 40.2 Å². The SMILES string of the molecule is Cc1cccc(CNC(=O)c2cc3c(N4CCCC4)nc(C)cn3n2)c1.Cl. The van der Waals surface area contributed by atoms with E-state index >= 15 is 0 Å². The van der Waals surface area contributed by atoms with Crippen LogP contribution in [0.15, 0.2) is 36.5 Å². The van der Waals surface area contributed by atoms with E-state index in [9.17, 15) is 4.79 Å². The molecule has 1 amide bonds. The Bertz CT molecular complexity index is 962. The third-order valence-electron chi connectivity index (χ3n) is 4.73. The number of amides is 1. The van der Waals surface area contributed by atoms with Crippen molar-refractivity contribution in [3.05, 3.63) is 59.0 Å². The normalized spacial score (nSPS) is 13.6. The number of anilines is 1. The number of hydrogen-bond acceptors (Lipinski definition) is 4. The number of halogens is 1. The molecule has 1 aromatic carbocycles. The number of carbonyl (C=O) groups excluding carboxylic acids is 1. The van der Waals surface area contributed by atoms with Crippen molar-refractivity contribution in [3.63, 3.8) is 0 Å². The summed E-state index contributed by atoms with van der Waals surface area (Å²) in [7, 11) is 0. The summed E-state index contributed by atoms with van der Waals surface area (Å²) in [5.74, 6) is 0.757. The molecular formula is C20H24ClN5O. The van der Waals surface area contributed by atoms with Gasteiger partial charge in [0.25, 0.3) is 5.91 Å². The van der Waals surface area contributed by atoms with Crippen molar-refractivity contribution in [1.29, 1.82) is 0 Å². The predicted octanol–water partition coefficient (Wildman–Crippen LogP) is 3.30. The third-order valence-corrected chi connectivity index (χ3v) is 4.73. The summed E-state index contributed by atoms with van der Waals surface area (Å²) >= 11 is 0. The van der Waals surface area contributed by atoms with Crippen LogP contribution in [0.4, 0.5) is 5.82 Å². The van der Waals surface area contributed by atoms with E-state index in [1.807, 2.05) is 44.3 Å². The molecule has 2 aromatic heterocycles. The Kier molecular flexibility index (Phi) is 5.65. The van der Waals surface area contributed by atoms with Gasteiger partial charge in [-0.15, -0.1) is 12.4 Å². The summed E-state index contributed by atoms with van der Waals surface area (Å²) in [4.78, 5) is 19.5. The lowest BCUT2D eigenvalue weighted by molar-refractivity contribution is 0.0945. The second kappa shape index (κ2) is 7.96. The molecule has 0 atom stereocenters. The first-order valence-electron chi connectivity index (χ1n) is 9.06. The van der Waals surface area contributed by atoms with Crippen LogP contribution in [0.3, 0.4) is 0 Å². The Morgan fingerprint density at radius 2 is 1.96 bits per heavy atom. The molecule has 0 radical (unpaired) electrons. The maximum Gasteiger partial charge on any atom is 0.272 e. The first kappa shape index (κ1) is 19.2. The number of rotatable bonds is 4. The predicted molar refractivity (Wildman–Crippen MR) is 109 cm³/mol. The summed E-state index contributed by atoms with van der Waals surface area (Å²) in [5.41, 5.74) is 4.47. The van der Waals surface area contributed by atoms with Gasteiger partial charge in [0, 0.05) is 25.7 Å². The second-order valence-corrected chi connectivity index (χ2v) is 6.93. The van der Waals surface area contributed by atoms with Gasteiger partial charge in [-0.05, 0) is 32.3 Å². The van der Waals surface area contributed by atoms with Crippen molar-refractivity contribution in [1.82, 2.24) is 19.9 Å². The molecule has 0 unspecified atom stereocenters. The minimum atomic E-state index is -0.166. The fraction of sp³-hybridized carbons (Fsp3) is 0.350. The maximum absolute atomic E-state index is 12.6. The van der Waals surface area contributed by atoms with Gasteiger partial charge in [0.2, 0.25) is 0 Å². The fourth-order valence-electron chi connectivity index (χ4n) is 3.46. The monoisotopic (exact) mass is 385 g/mol. The van der Waals surface area contributed by atoms with Crippen LogP contribution in [0.25, 0.3) is 5.52 Å². The molecule has 1 aliphatic heterocycles. The zero-order chi connectivity index (χ0) is 18.1. The first-order valence-corrected chi connectivity index (χ1v) is 9.06. The number of carbonyl (C=O) groups is 1. The number of aromatic nitrogens is 3. The lowest BCUT2D eigenvalue weighted by Crippen LogP contribution is -2.23. The van der Waals surface area contributed by atoms with E-state index < -0.39 is 0 Å². The van der Waals surface area contributed by atoms with E-state index in [0.717, 1.165) is 35.7 Å². The van der Waals surface area contributed by atoms with E-state index in [1.165, 1.54) is 18.4 Å². The van der Waals surface area contributed by atoms with Crippen molar-refractivity contribution < 1.29 is 4.79 Å². The van der Waals surface area contributed by atoms with Crippen LogP contribution in [0.2, 0.25) is 0 Å². The van der Waals surface area contributed by atoms with Crippen molar-refractivity contribution in [3.8, 4) is 0 Å². The van der Waals surface area contributed by atoms with Crippen molar-refractivity contribution in [2.45, 2.75) is 33.2 Å². The Balaban J connectivity index is 0.00000210. The molecule has 3 heterocycles. The topological polar surface area (TPSA) is 62.5 Å². The summed E-state index contributed by atoms with van der Waals surface area (Å²) in [6, 6.07) is 9.96. The zero-order valence-corrected chi connectivity index (χ0v) is 16.4. The van der Waals surface area contributed by atoms with Crippen LogP contribution in [-0.4, -0.2) is 33.6 Å². The second-order valence-electron chi connectivity index (χ2n) is 6.93. The largest absolute Gasteiger partial charge is 0.355 e. The highest BCUT2D eigenvalue weighted by atomic mass is 35.5. The number of benzene rings is 1. The van der Waals surface area contributed by atoms with Crippen LogP contribution in [-0.2, 0) is 6.54 Å². The molecule has 0 spiro atoms. The van der Waals surface area contributed by atoms with Gasteiger partial charge in [-0.2, -0.15) is 5.10 Å². The van der Waals surface area contributed by atoms with E-state index in [2.05, 4.69) is 21.4 Å². The fourth-order valence-corrected chi connectivity index (χ4v) is 3.46. The summed E-state index contributed by atoms with van der Waals surface area (Å²) in [5, 5.41) is 7.43. The average Bonchev–Trinajstić information content (AvgIpc) is 3.28. The third kappa shape index (κ3) is 4.06. The molecule has 0 saturated carbocycles. The van der Waals surface area contributed by atoms with Gasteiger partial charge in [0.15, 0.2) is 11.5 Å². The molecule has 7 heteroatoms. The molecule has 0 bridgehead atoms. The molecule has 6 nitrogen and oxygen atoms in total. The van der Waals surface area contributed by atoms with Crippen molar-refractivity contribution >= 4 is 29.6 Å². The van der Waals surface area contributed by atoms with E-state index in [4.69, 9.17) is 4.98 Å². The minimum absolute atomic E-state index is 0. The quantitative estimate of drug-likeness (QED) is 0.748. The molecule has 4 rings (SSSR count).